The molecule has 0 bridgehead atoms. The lowest BCUT2D eigenvalue weighted by molar-refractivity contribution is -0.119. The molecular formula is C24H19Cl3N4OS. The van der Waals surface area contributed by atoms with Crippen LogP contribution in [0.25, 0.3) is 0 Å². The molecule has 168 valence electrons. The molecule has 1 aliphatic heterocycles. The number of likely N-dealkylation sites (N-methyl/N-ethyl adjacent to an activating group) is 1. The highest BCUT2D eigenvalue weighted by Crippen LogP contribution is 2.32. The quantitative estimate of drug-likeness (QED) is 0.413. The van der Waals surface area contributed by atoms with E-state index in [1.165, 1.54) is 4.90 Å². The largest absolute Gasteiger partial charge is 0.333 e. The smallest absolute Gasteiger partial charge is 0.272 e. The molecule has 3 aromatic rings. The summed E-state index contributed by atoms with van der Waals surface area (Å²) in [6.07, 6.45) is -0.994. The molecule has 33 heavy (non-hydrogen) atoms. The third-order valence-corrected chi connectivity index (χ3v) is 6.26. The minimum Gasteiger partial charge on any atom is -0.333 e. The van der Waals surface area contributed by atoms with E-state index in [-0.39, 0.29) is 11.0 Å². The number of benzene rings is 3. The number of halogens is 3. The summed E-state index contributed by atoms with van der Waals surface area (Å²) in [7, 11) is 1.69. The molecule has 0 saturated heterocycles. The number of carbonyl (C=O) groups is 1. The molecule has 2 N–H and O–H groups in total. The average Bonchev–Trinajstić information content (AvgIpc) is 2.87. The van der Waals surface area contributed by atoms with Crippen molar-refractivity contribution in [3.63, 3.8) is 0 Å². The molecule has 4 rings (SSSR count). The molecule has 5 nitrogen and oxygen atoms in total. The van der Waals surface area contributed by atoms with E-state index in [2.05, 4.69) is 10.6 Å². The fraction of sp³-hybridized carbons (Fsp3) is 0.125. The van der Waals surface area contributed by atoms with Gasteiger partial charge in [0.25, 0.3) is 5.91 Å². The van der Waals surface area contributed by atoms with Crippen LogP contribution in [0.2, 0.25) is 15.1 Å². The summed E-state index contributed by atoms with van der Waals surface area (Å²) in [5.74, 6) is -0.285. The normalized spacial score (nSPS) is 15.4. The Kier molecular flexibility index (Phi) is 6.91. The van der Waals surface area contributed by atoms with Crippen LogP contribution in [-0.2, 0) is 4.79 Å². The predicted molar refractivity (Wildman–Crippen MR) is 141 cm³/mol. The molecule has 1 aliphatic rings. The van der Waals surface area contributed by atoms with Crippen molar-refractivity contribution in [2.45, 2.75) is 13.1 Å². The molecule has 9 heteroatoms. The Labute approximate surface area is 212 Å². The number of rotatable bonds is 3. The Morgan fingerprint density at radius 3 is 2.45 bits per heavy atom. The van der Waals surface area contributed by atoms with Gasteiger partial charge in [0.2, 0.25) is 6.17 Å². The first kappa shape index (κ1) is 23.5. The summed E-state index contributed by atoms with van der Waals surface area (Å²) >= 11 is 24.4. The van der Waals surface area contributed by atoms with E-state index in [0.29, 0.717) is 37.6 Å². The number of amides is 1. The second-order valence-electron chi connectivity index (χ2n) is 7.48. The summed E-state index contributed by atoms with van der Waals surface area (Å²) < 4.78 is 0. The first-order chi connectivity index (χ1) is 15.7. The van der Waals surface area contributed by atoms with Crippen LogP contribution >= 0.6 is 47.0 Å². The fourth-order valence-corrected chi connectivity index (χ4v) is 4.31. The zero-order chi connectivity index (χ0) is 23.7. The van der Waals surface area contributed by atoms with Gasteiger partial charge in [0, 0.05) is 38.9 Å². The maximum atomic E-state index is 13.3. The van der Waals surface area contributed by atoms with Crippen molar-refractivity contribution >= 4 is 75.1 Å². The number of fused-ring (bicyclic) bond motifs is 1. The Hall–Kier alpha value is -2.64. The van der Waals surface area contributed by atoms with Gasteiger partial charge in [-0.2, -0.15) is 0 Å². The monoisotopic (exact) mass is 516 g/mol. The minimum atomic E-state index is -0.994. The van der Waals surface area contributed by atoms with E-state index in [1.807, 2.05) is 31.2 Å². The summed E-state index contributed by atoms with van der Waals surface area (Å²) in [5.41, 5.74) is 4.27. The number of thiocarbonyl (C=S) groups is 1. The molecule has 1 atom stereocenters. The molecule has 0 aromatic heterocycles. The highest BCUT2D eigenvalue weighted by Gasteiger charge is 2.31. The Balaban J connectivity index is 1.75. The van der Waals surface area contributed by atoms with Gasteiger partial charge in [-0.25, -0.2) is 4.99 Å². The predicted octanol–water partition coefficient (Wildman–Crippen LogP) is 6.08. The zero-order valence-electron chi connectivity index (χ0n) is 17.7. The number of benzodiazepines with no additional fused rings is 1. The van der Waals surface area contributed by atoms with E-state index in [9.17, 15) is 4.79 Å². The second kappa shape index (κ2) is 9.69. The number of hydrogen-bond donors (Lipinski definition) is 2. The summed E-state index contributed by atoms with van der Waals surface area (Å²) in [5, 5.41) is 7.96. The minimum absolute atomic E-state index is 0.235. The molecule has 0 fully saturated rings. The van der Waals surface area contributed by atoms with Gasteiger partial charge in [-0.15, -0.1) is 0 Å². The first-order valence-corrected chi connectivity index (χ1v) is 11.5. The van der Waals surface area contributed by atoms with Crippen molar-refractivity contribution in [1.29, 1.82) is 0 Å². The number of nitrogens with zero attached hydrogens (tertiary/aromatic N) is 2. The van der Waals surface area contributed by atoms with Gasteiger partial charge in [-0.05, 0) is 61.1 Å². The molecule has 1 heterocycles. The van der Waals surface area contributed by atoms with Crippen LogP contribution in [0.3, 0.4) is 0 Å². The molecule has 0 spiro atoms. The highest BCUT2D eigenvalue weighted by atomic mass is 35.5. The lowest BCUT2D eigenvalue weighted by atomic mass is 10.00. The number of nitrogens with one attached hydrogen (secondary N) is 2. The van der Waals surface area contributed by atoms with Gasteiger partial charge >= 0.3 is 0 Å². The SMILES string of the molecule is Cc1ccc(Cl)cc1NC(=S)NC1N=C(c2ccccc2Cl)c2cc(Cl)ccc2N(C)C1=O. The Morgan fingerprint density at radius 1 is 1.00 bits per heavy atom. The molecule has 1 amide bonds. The molecule has 1 unspecified atom stereocenters. The molecule has 0 radical (unpaired) electrons. The van der Waals surface area contributed by atoms with E-state index < -0.39 is 6.17 Å². The van der Waals surface area contributed by atoms with Crippen LogP contribution in [-0.4, -0.2) is 29.9 Å². The van der Waals surface area contributed by atoms with Crippen LogP contribution < -0.4 is 15.5 Å². The van der Waals surface area contributed by atoms with Crippen molar-refractivity contribution in [2.75, 3.05) is 17.3 Å². The van der Waals surface area contributed by atoms with Crippen molar-refractivity contribution < 1.29 is 4.79 Å². The van der Waals surface area contributed by atoms with Gasteiger partial charge in [-0.1, -0.05) is 59.1 Å². The number of hydrogen-bond acceptors (Lipinski definition) is 3. The van der Waals surface area contributed by atoms with Crippen LogP contribution in [0.4, 0.5) is 11.4 Å². The number of anilines is 2. The van der Waals surface area contributed by atoms with Crippen LogP contribution in [0.5, 0.6) is 0 Å². The molecule has 3 aromatic carbocycles. The van der Waals surface area contributed by atoms with Crippen molar-refractivity contribution in [1.82, 2.24) is 5.32 Å². The summed E-state index contributed by atoms with van der Waals surface area (Å²) in [6, 6.07) is 18.1. The van der Waals surface area contributed by atoms with Gasteiger partial charge in [0.1, 0.15) is 0 Å². The zero-order valence-corrected chi connectivity index (χ0v) is 20.8. The maximum Gasteiger partial charge on any atom is 0.272 e. The summed E-state index contributed by atoms with van der Waals surface area (Å²) in [4.78, 5) is 19.6. The van der Waals surface area contributed by atoms with Gasteiger partial charge in [-0.3, -0.25) is 4.79 Å². The third-order valence-electron chi connectivity index (χ3n) is 5.24. The number of carbonyl (C=O) groups excluding carboxylic acids is 1. The van der Waals surface area contributed by atoms with E-state index in [1.54, 1.807) is 43.4 Å². The van der Waals surface area contributed by atoms with Crippen molar-refractivity contribution in [3.05, 3.63) is 92.4 Å². The molecule has 0 saturated carbocycles. The van der Waals surface area contributed by atoms with Gasteiger partial charge < -0.3 is 15.5 Å². The average molecular weight is 518 g/mol. The Morgan fingerprint density at radius 2 is 1.70 bits per heavy atom. The summed E-state index contributed by atoms with van der Waals surface area (Å²) in [6.45, 7) is 1.93. The highest BCUT2D eigenvalue weighted by molar-refractivity contribution is 7.80. The number of aryl methyl sites for hydroxylation is 1. The van der Waals surface area contributed by atoms with E-state index in [0.717, 1.165) is 11.3 Å². The topological polar surface area (TPSA) is 56.7 Å². The van der Waals surface area contributed by atoms with Crippen molar-refractivity contribution in [2.24, 2.45) is 4.99 Å². The Bertz CT molecular complexity index is 1290. The number of aliphatic imine (C=N–C) groups is 1. The van der Waals surface area contributed by atoms with E-state index >= 15 is 0 Å². The van der Waals surface area contributed by atoms with E-state index in [4.69, 9.17) is 52.0 Å². The lowest BCUT2D eigenvalue weighted by Gasteiger charge is -2.22. The van der Waals surface area contributed by atoms with Gasteiger partial charge in [0.15, 0.2) is 5.11 Å². The van der Waals surface area contributed by atoms with Gasteiger partial charge in [0.05, 0.1) is 11.4 Å². The first-order valence-electron chi connectivity index (χ1n) is 9.98. The van der Waals surface area contributed by atoms with Crippen LogP contribution in [0.15, 0.2) is 65.7 Å². The van der Waals surface area contributed by atoms with Crippen LogP contribution in [0, 0.1) is 6.92 Å². The lowest BCUT2D eigenvalue weighted by Crippen LogP contribution is -2.47. The van der Waals surface area contributed by atoms with Crippen LogP contribution in [0.1, 0.15) is 16.7 Å². The maximum absolute atomic E-state index is 13.3. The van der Waals surface area contributed by atoms with Crippen molar-refractivity contribution in [3.8, 4) is 0 Å². The fourth-order valence-electron chi connectivity index (χ4n) is 3.52. The molecule has 0 aliphatic carbocycles. The standard InChI is InChI=1S/C24H19Cl3N4OS/c1-13-7-8-15(26)12-19(13)28-24(33)30-22-23(32)31(2)20-10-9-14(25)11-17(20)21(29-22)16-5-3-4-6-18(16)27/h3-12,22H,1-2H3,(H2,28,30,33). The second-order valence-corrected chi connectivity index (χ2v) is 9.16. The third kappa shape index (κ3) is 4.99. The molecular weight excluding hydrogens is 499 g/mol.